The van der Waals surface area contributed by atoms with Crippen LogP contribution in [0.15, 0.2) is 42.5 Å². The lowest BCUT2D eigenvalue weighted by molar-refractivity contribution is 0.413. The molecule has 20 heavy (non-hydrogen) atoms. The van der Waals surface area contributed by atoms with Crippen LogP contribution in [0.3, 0.4) is 0 Å². The molecule has 0 spiro atoms. The highest BCUT2D eigenvalue weighted by atomic mass is 19.1. The van der Waals surface area contributed by atoms with Gasteiger partial charge in [0.2, 0.25) is 0 Å². The zero-order chi connectivity index (χ0) is 14.5. The summed E-state index contributed by atoms with van der Waals surface area (Å²) in [5.41, 5.74) is 2.71. The molecule has 2 rings (SSSR count). The lowest BCUT2D eigenvalue weighted by Crippen LogP contribution is -2.23. The summed E-state index contributed by atoms with van der Waals surface area (Å²) in [6, 6.07) is 12.8. The van der Waals surface area contributed by atoms with Crippen molar-refractivity contribution in [2.24, 2.45) is 0 Å². The van der Waals surface area contributed by atoms with E-state index >= 15 is 0 Å². The van der Waals surface area contributed by atoms with Crippen molar-refractivity contribution in [1.82, 2.24) is 5.32 Å². The van der Waals surface area contributed by atoms with Crippen LogP contribution in [0.25, 0.3) is 0 Å². The van der Waals surface area contributed by atoms with Gasteiger partial charge >= 0.3 is 0 Å². The van der Waals surface area contributed by atoms with Crippen LogP contribution in [0.1, 0.15) is 29.7 Å². The molecule has 0 aromatic heterocycles. The van der Waals surface area contributed by atoms with Crippen LogP contribution >= 0.6 is 0 Å². The van der Waals surface area contributed by atoms with Crippen LogP contribution in [0.4, 0.5) is 4.39 Å². The summed E-state index contributed by atoms with van der Waals surface area (Å²) in [5.74, 6) is 0.586. The van der Waals surface area contributed by atoms with Crippen LogP contribution in [-0.4, -0.2) is 13.7 Å². The molecule has 0 aliphatic heterocycles. The average molecular weight is 273 g/mol. The minimum atomic E-state index is -0.190. The smallest absolute Gasteiger partial charge is 0.128 e. The standard InChI is InChI=1S/C17H20FNO/c1-4-19-17(13-6-5-7-14(11-13)20-3)15-10-12(2)8-9-16(15)18/h5-11,17,19H,4H2,1-3H3. The molecule has 0 amide bonds. The topological polar surface area (TPSA) is 21.3 Å². The molecule has 1 unspecified atom stereocenters. The van der Waals surface area contributed by atoms with Crippen molar-refractivity contribution in [2.75, 3.05) is 13.7 Å². The van der Waals surface area contributed by atoms with Gasteiger partial charge in [0.15, 0.2) is 0 Å². The SMILES string of the molecule is CCNC(c1cccc(OC)c1)c1cc(C)ccc1F. The lowest BCUT2D eigenvalue weighted by atomic mass is 9.96. The molecule has 0 saturated heterocycles. The molecular formula is C17H20FNO. The van der Waals surface area contributed by atoms with Gasteiger partial charge in [-0.2, -0.15) is 0 Å². The van der Waals surface area contributed by atoms with E-state index in [1.165, 1.54) is 6.07 Å². The summed E-state index contributed by atoms with van der Waals surface area (Å²) in [5, 5.41) is 3.34. The first kappa shape index (κ1) is 14.5. The summed E-state index contributed by atoms with van der Waals surface area (Å²) in [4.78, 5) is 0. The zero-order valence-corrected chi connectivity index (χ0v) is 12.1. The molecule has 106 valence electrons. The highest BCUT2D eigenvalue weighted by Crippen LogP contribution is 2.27. The molecular weight excluding hydrogens is 253 g/mol. The summed E-state index contributed by atoms with van der Waals surface area (Å²) in [7, 11) is 1.63. The number of methoxy groups -OCH3 is 1. The second-order valence-electron chi connectivity index (χ2n) is 4.79. The van der Waals surface area contributed by atoms with Crippen LogP contribution < -0.4 is 10.1 Å². The molecule has 0 saturated carbocycles. The third kappa shape index (κ3) is 3.17. The second kappa shape index (κ2) is 6.53. The molecule has 3 heteroatoms. The fourth-order valence-electron chi connectivity index (χ4n) is 2.32. The van der Waals surface area contributed by atoms with Crippen molar-refractivity contribution in [2.45, 2.75) is 19.9 Å². The average Bonchev–Trinajstić information content (AvgIpc) is 2.47. The van der Waals surface area contributed by atoms with E-state index in [1.54, 1.807) is 13.2 Å². The Balaban J connectivity index is 2.46. The van der Waals surface area contributed by atoms with Gasteiger partial charge < -0.3 is 10.1 Å². The Bertz CT molecular complexity index is 583. The molecule has 2 nitrogen and oxygen atoms in total. The number of ether oxygens (including phenoxy) is 1. The van der Waals surface area contributed by atoms with Crippen molar-refractivity contribution in [1.29, 1.82) is 0 Å². The maximum Gasteiger partial charge on any atom is 0.128 e. The number of nitrogens with one attached hydrogen (secondary N) is 1. The number of rotatable bonds is 5. The maximum atomic E-state index is 14.1. The highest BCUT2D eigenvalue weighted by molar-refractivity contribution is 5.38. The van der Waals surface area contributed by atoms with Crippen LogP contribution in [0, 0.1) is 12.7 Å². The van der Waals surface area contributed by atoms with Crippen molar-refractivity contribution in [3.8, 4) is 5.75 Å². The summed E-state index contributed by atoms with van der Waals surface area (Å²) in [6.45, 7) is 4.74. The minimum Gasteiger partial charge on any atom is -0.497 e. The highest BCUT2D eigenvalue weighted by Gasteiger charge is 2.17. The fourth-order valence-corrected chi connectivity index (χ4v) is 2.32. The third-order valence-electron chi connectivity index (χ3n) is 3.30. The van der Waals surface area contributed by atoms with Gasteiger partial charge in [0.05, 0.1) is 13.2 Å². The first-order chi connectivity index (χ1) is 9.65. The number of benzene rings is 2. The predicted molar refractivity (Wildman–Crippen MR) is 79.7 cm³/mol. The third-order valence-corrected chi connectivity index (χ3v) is 3.30. The molecule has 2 aromatic rings. The molecule has 2 aromatic carbocycles. The van der Waals surface area contributed by atoms with E-state index in [9.17, 15) is 4.39 Å². The summed E-state index contributed by atoms with van der Waals surface area (Å²) < 4.78 is 19.4. The van der Waals surface area contributed by atoms with Crippen molar-refractivity contribution >= 4 is 0 Å². The normalized spacial score (nSPS) is 12.2. The molecule has 0 aliphatic rings. The predicted octanol–water partition coefficient (Wildman–Crippen LogP) is 3.84. The Morgan fingerprint density at radius 3 is 2.70 bits per heavy atom. The van der Waals surface area contributed by atoms with Gasteiger partial charge in [-0.15, -0.1) is 0 Å². The Morgan fingerprint density at radius 1 is 1.20 bits per heavy atom. The molecule has 0 aliphatic carbocycles. The Hall–Kier alpha value is -1.87. The van der Waals surface area contributed by atoms with Crippen LogP contribution in [0.2, 0.25) is 0 Å². The maximum absolute atomic E-state index is 14.1. The van der Waals surface area contributed by atoms with E-state index < -0.39 is 0 Å². The van der Waals surface area contributed by atoms with Gasteiger partial charge in [0, 0.05) is 5.56 Å². The van der Waals surface area contributed by atoms with Gasteiger partial charge in [-0.05, 0) is 37.2 Å². The summed E-state index contributed by atoms with van der Waals surface area (Å²) in [6.07, 6.45) is 0. The lowest BCUT2D eigenvalue weighted by Gasteiger charge is -2.20. The molecule has 1 atom stereocenters. The summed E-state index contributed by atoms with van der Waals surface area (Å²) >= 11 is 0. The van der Waals surface area contributed by atoms with Crippen LogP contribution in [-0.2, 0) is 0 Å². The number of halogens is 1. The Morgan fingerprint density at radius 2 is 2.00 bits per heavy atom. The molecule has 0 fully saturated rings. The molecule has 1 N–H and O–H groups in total. The zero-order valence-electron chi connectivity index (χ0n) is 12.1. The molecule has 0 radical (unpaired) electrons. The van der Waals surface area contributed by atoms with Gasteiger partial charge in [-0.1, -0.05) is 36.8 Å². The van der Waals surface area contributed by atoms with E-state index in [1.807, 2.05) is 44.2 Å². The van der Waals surface area contributed by atoms with Gasteiger partial charge in [0.25, 0.3) is 0 Å². The largest absolute Gasteiger partial charge is 0.497 e. The number of hydrogen-bond acceptors (Lipinski definition) is 2. The van der Waals surface area contributed by atoms with E-state index in [0.29, 0.717) is 5.56 Å². The quantitative estimate of drug-likeness (QED) is 0.893. The van der Waals surface area contributed by atoms with Crippen molar-refractivity contribution in [3.63, 3.8) is 0 Å². The van der Waals surface area contributed by atoms with Gasteiger partial charge in [-0.3, -0.25) is 0 Å². The second-order valence-corrected chi connectivity index (χ2v) is 4.79. The van der Waals surface area contributed by atoms with Gasteiger partial charge in [-0.25, -0.2) is 4.39 Å². The van der Waals surface area contributed by atoms with E-state index in [2.05, 4.69) is 5.32 Å². The monoisotopic (exact) mass is 273 g/mol. The first-order valence-electron chi connectivity index (χ1n) is 6.79. The first-order valence-corrected chi connectivity index (χ1v) is 6.79. The Labute approximate surface area is 119 Å². The van der Waals surface area contributed by atoms with Crippen molar-refractivity contribution in [3.05, 3.63) is 65.0 Å². The van der Waals surface area contributed by atoms with Crippen molar-refractivity contribution < 1.29 is 9.13 Å². The molecule has 0 bridgehead atoms. The van der Waals surface area contributed by atoms with E-state index in [0.717, 1.165) is 23.4 Å². The number of aryl methyl sites for hydroxylation is 1. The molecule has 0 heterocycles. The van der Waals surface area contributed by atoms with Crippen LogP contribution in [0.5, 0.6) is 5.75 Å². The number of hydrogen-bond donors (Lipinski definition) is 1. The van der Waals surface area contributed by atoms with E-state index in [-0.39, 0.29) is 11.9 Å². The fraction of sp³-hybridized carbons (Fsp3) is 0.294. The van der Waals surface area contributed by atoms with E-state index in [4.69, 9.17) is 4.74 Å². The van der Waals surface area contributed by atoms with Gasteiger partial charge in [0.1, 0.15) is 11.6 Å². The minimum absolute atomic E-state index is 0.171. The Kier molecular flexibility index (Phi) is 4.74.